The molecule has 0 saturated heterocycles. The third-order valence-corrected chi connectivity index (χ3v) is 10.2. The molecule has 10 rings (SSSR count). The first-order valence-electron chi connectivity index (χ1n) is 15.9. The van der Waals surface area contributed by atoms with Crippen molar-refractivity contribution in [2.45, 2.75) is 0 Å². The Labute approximate surface area is 279 Å². The van der Waals surface area contributed by atoms with Crippen LogP contribution in [-0.2, 0) is 0 Å². The van der Waals surface area contributed by atoms with Crippen molar-refractivity contribution < 1.29 is 4.42 Å². The fourth-order valence-corrected chi connectivity index (χ4v) is 7.84. The number of aromatic nitrogens is 3. The van der Waals surface area contributed by atoms with E-state index in [-0.39, 0.29) is 0 Å². The van der Waals surface area contributed by atoms with Gasteiger partial charge in [-0.1, -0.05) is 97.1 Å². The summed E-state index contributed by atoms with van der Waals surface area (Å²) in [5, 5.41) is 7.22. The van der Waals surface area contributed by atoms with Crippen molar-refractivity contribution in [1.82, 2.24) is 15.0 Å². The molecule has 0 bridgehead atoms. The van der Waals surface area contributed by atoms with E-state index in [9.17, 15) is 0 Å². The molecule has 0 spiro atoms. The second-order valence-electron chi connectivity index (χ2n) is 12.1. The second kappa shape index (κ2) is 10.7. The lowest BCUT2D eigenvalue weighted by atomic mass is 9.98. The van der Waals surface area contributed by atoms with Gasteiger partial charge in [-0.15, -0.1) is 11.3 Å². The van der Waals surface area contributed by atoms with Crippen LogP contribution in [0.25, 0.3) is 98.2 Å². The molecule has 0 aliphatic carbocycles. The van der Waals surface area contributed by atoms with E-state index in [2.05, 4.69) is 91.0 Å². The predicted molar refractivity (Wildman–Crippen MR) is 199 cm³/mol. The van der Waals surface area contributed by atoms with Crippen LogP contribution in [0.1, 0.15) is 0 Å². The first-order chi connectivity index (χ1) is 23.7. The number of nitrogens with zero attached hydrogens (tertiary/aromatic N) is 3. The third kappa shape index (κ3) is 4.48. The van der Waals surface area contributed by atoms with Gasteiger partial charge < -0.3 is 4.42 Å². The second-order valence-corrected chi connectivity index (χ2v) is 13.2. The van der Waals surface area contributed by atoms with Gasteiger partial charge in [-0.2, -0.15) is 0 Å². The van der Waals surface area contributed by atoms with Crippen molar-refractivity contribution >= 4 is 64.2 Å². The molecule has 3 heterocycles. The molecule has 0 radical (unpaired) electrons. The molecule has 7 aromatic carbocycles. The van der Waals surface area contributed by atoms with Gasteiger partial charge in [-0.3, -0.25) is 0 Å². The van der Waals surface area contributed by atoms with Crippen LogP contribution in [-0.4, -0.2) is 15.0 Å². The molecule has 0 saturated carbocycles. The summed E-state index contributed by atoms with van der Waals surface area (Å²) in [6.45, 7) is 0. The van der Waals surface area contributed by atoms with Gasteiger partial charge in [0.15, 0.2) is 17.5 Å². The SMILES string of the molecule is c1ccc(-c2nc(-c3cccc(-c4ccc5cc6c(cc5c4)sc4ccccc46)c3)nc(-c3ccc4oc5ccccc5c4c3)n2)cc1. The Hall–Kier alpha value is -6.17. The number of para-hydroxylation sites is 1. The summed E-state index contributed by atoms with van der Waals surface area (Å²) in [5.41, 5.74) is 6.75. The maximum atomic E-state index is 6.09. The van der Waals surface area contributed by atoms with Gasteiger partial charge >= 0.3 is 0 Å². The molecule has 0 aliphatic heterocycles. The van der Waals surface area contributed by atoms with Crippen molar-refractivity contribution in [1.29, 1.82) is 0 Å². The molecular formula is C43H25N3OS. The van der Waals surface area contributed by atoms with Crippen molar-refractivity contribution in [3.63, 3.8) is 0 Å². The number of furan rings is 1. The van der Waals surface area contributed by atoms with Crippen LogP contribution in [0.3, 0.4) is 0 Å². The first kappa shape index (κ1) is 27.0. The topological polar surface area (TPSA) is 51.8 Å². The smallest absolute Gasteiger partial charge is 0.164 e. The minimum absolute atomic E-state index is 0.620. The standard InChI is InChI=1S/C43H25N3OS/c1-2-9-26(10-3-1)41-44-42(46-43(45-41)31-19-20-38-35(24-31)33-13-4-6-15-37(33)47-38)30-12-8-11-27(21-30)28-17-18-29-23-36-34-14-5-7-16-39(34)48-40(36)25-32(29)22-28/h1-25H. The van der Waals surface area contributed by atoms with Crippen molar-refractivity contribution in [3.8, 4) is 45.3 Å². The van der Waals surface area contributed by atoms with E-state index in [0.29, 0.717) is 17.5 Å². The zero-order valence-electron chi connectivity index (χ0n) is 25.6. The highest BCUT2D eigenvalue weighted by Gasteiger charge is 2.15. The van der Waals surface area contributed by atoms with Crippen molar-refractivity contribution in [3.05, 3.63) is 152 Å². The molecule has 0 N–H and O–H groups in total. The maximum Gasteiger partial charge on any atom is 0.164 e. The number of thiophene rings is 1. The van der Waals surface area contributed by atoms with Gasteiger partial charge in [-0.05, 0) is 76.5 Å². The van der Waals surface area contributed by atoms with Crippen LogP contribution in [0, 0.1) is 0 Å². The fourth-order valence-electron chi connectivity index (χ4n) is 6.70. The molecule has 5 heteroatoms. The van der Waals surface area contributed by atoms with E-state index in [0.717, 1.165) is 49.8 Å². The Morgan fingerprint density at radius 1 is 0.354 bits per heavy atom. The van der Waals surface area contributed by atoms with Crippen LogP contribution in [0.15, 0.2) is 156 Å². The summed E-state index contributed by atoms with van der Waals surface area (Å²) in [4.78, 5) is 15.0. The summed E-state index contributed by atoms with van der Waals surface area (Å²) in [6, 6.07) is 52.9. The van der Waals surface area contributed by atoms with Gasteiger partial charge in [0, 0.05) is 47.6 Å². The van der Waals surface area contributed by atoms with Gasteiger partial charge in [0.05, 0.1) is 0 Å². The first-order valence-corrected chi connectivity index (χ1v) is 16.7. The molecular weight excluding hydrogens is 607 g/mol. The van der Waals surface area contributed by atoms with E-state index in [1.165, 1.54) is 30.9 Å². The zero-order chi connectivity index (χ0) is 31.6. The number of hydrogen-bond acceptors (Lipinski definition) is 5. The Bertz CT molecular complexity index is 2850. The van der Waals surface area contributed by atoms with Crippen molar-refractivity contribution in [2.24, 2.45) is 0 Å². The average molecular weight is 632 g/mol. The van der Waals surface area contributed by atoms with Gasteiger partial charge in [0.2, 0.25) is 0 Å². The molecule has 0 unspecified atom stereocenters. The Kier molecular flexibility index (Phi) is 6.01. The third-order valence-electron chi connectivity index (χ3n) is 9.09. The number of rotatable bonds is 4. The number of benzene rings is 7. The predicted octanol–water partition coefficient (Wildman–Crippen LogP) is 12.0. The highest BCUT2D eigenvalue weighted by Crippen LogP contribution is 2.38. The molecule has 0 fully saturated rings. The van der Waals surface area contributed by atoms with Crippen LogP contribution in [0.4, 0.5) is 0 Å². The van der Waals surface area contributed by atoms with Gasteiger partial charge in [-0.25, -0.2) is 15.0 Å². The Balaban J connectivity index is 1.10. The molecule has 10 aromatic rings. The van der Waals surface area contributed by atoms with E-state index in [1.54, 1.807) is 0 Å². The van der Waals surface area contributed by atoms with E-state index in [1.807, 2.05) is 72.0 Å². The van der Waals surface area contributed by atoms with Crippen LogP contribution < -0.4 is 0 Å². The van der Waals surface area contributed by atoms with E-state index < -0.39 is 0 Å². The minimum Gasteiger partial charge on any atom is -0.456 e. The summed E-state index contributed by atoms with van der Waals surface area (Å²) in [7, 11) is 0. The Morgan fingerprint density at radius 2 is 1.00 bits per heavy atom. The summed E-state index contributed by atoms with van der Waals surface area (Å²) >= 11 is 1.85. The molecule has 48 heavy (non-hydrogen) atoms. The van der Waals surface area contributed by atoms with Crippen LogP contribution in [0.2, 0.25) is 0 Å². The Morgan fingerprint density at radius 3 is 1.88 bits per heavy atom. The van der Waals surface area contributed by atoms with Gasteiger partial charge in [0.1, 0.15) is 11.2 Å². The van der Waals surface area contributed by atoms with Gasteiger partial charge in [0.25, 0.3) is 0 Å². The molecule has 0 amide bonds. The summed E-state index contributed by atoms with van der Waals surface area (Å²) in [6.07, 6.45) is 0. The molecule has 0 aliphatic rings. The molecule has 3 aromatic heterocycles. The quantitative estimate of drug-likeness (QED) is 0.194. The average Bonchev–Trinajstić information content (AvgIpc) is 3.71. The lowest BCUT2D eigenvalue weighted by molar-refractivity contribution is 0.669. The minimum atomic E-state index is 0.620. The highest BCUT2D eigenvalue weighted by atomic mass is 32.1. The summed E-state index contributed by atoms with van der Waals surface area (Å²) in [5.74, 6) is 1.89. The molecule has 4 nitrogen and oxygen atoms in total. The van der Waals surface area contributed by atoms with E-state index in [4.69, 9.17) is 19.4 Å². The monoisotopic (exact) mass is 631 g/mol. The van der Waals surface area contributed by atoms with E-state index >= 15 is 0 Å². The number of fused-ring (bicyclic) bond motifs is 7. The fraction of sp³-hybridized carbons (Fsp3) is 0. The maximum absolute atomic E-state index is 6.09. The van der Waals surface area contributed by atoms with Crippen LogP contribution >= 0.6 is 11.3 Å². The zero-order valence-corrected chi connectivity index (χ0v) is 26.4. The highest BCUT2D eigenvalue weighted by molar-refractivity contribution is 7.25. The number of hydrogen-bond donors (Lipinski definition) is 0. The van der Waals surface area contributed by atoms with Crippen LogP contribution in [0.5, 0.6) is 0 Å². The molecule has 224 valence electrons. The lowest BCUT2D eigenvalue weighted by Crippen LogP contribution is -2.00. The summed E-state index contributed by atoms with van der Waals surface area (Å²) < 4.78 is 8.72. The normalized spacial score (nSPS) is 11.8. The molecule has 0 atom stereocenters. The largest absolute Gasteiger partial charge is 0.456 e. The lowest BCUT2D eigenvalue weighted by Gasteiger charge is -2.10. The van der Waals surface area contributed by atoms with Crippen molar-refractivity contribution in [2.75, 3.05) is 0 Å².